The number of aromatic nitrogens is 2. The topological polar surface area (TPSA) is 52.8 Å². The Kier molecular flexibility index (Phi) is 5.31. The molecule has 0 unspecified atom stereocenters. The van der Waals surface area contributed by atoms with Gasteiger partial charge in [0.15, 0.2) is 0 Å². The molecular weight excluding hydrogens is 356 g/mol. The highest BCUT2D eigenvalue weighted by atomic mass is 15.2. The minimum Gasteiger partial charge on any atom is -0.354 e. The summed E-state index contributed by atoms with van der Waals surface area (Å²) in [7, 11) is 2.00. The van der Waals surface area contributed by atoms with Gasteiger partial charge in [0.25, 0.3) is 0 Å². The number of nitriles is 1. The van der Waals surface area contributed by atoms with Crippen molar-refractivity contribution in [3.05, 3.63) is 102 Å². The second kappa shape index (κ2) is 8.37. The molecule has 0 amide bonds. The lowest BCUT2D eigenvalue weighted by atomic mass is 10.0. The van der Waals surface area contributed by atoms with Gasteiger partial charge < -0.3 is 4.90 Å². The van der Waals surface area contributed by atoms with E-state index in [-0.39, 0.29) is 0 Å². The van der Waals surface area contributed by atoms with E-state index in [1.54, 1.807) is 0 Å². The molecular formula is C25H20N4. The second-order valence-corrected chi connectivity index (χ2v) is 6.82. The standard InChI is InChI=1S/C25H20N4/c1-29(18-20-14-12-19(16-26)13-15-20)23-17-27-24(21-8-4-2-5-9-21)25(28-23)22-10-6-3-7-11-22/h2-15,17H,18H2,1H3. The predicted octanol–water partition coefficient (Wildman–Crippen LogP) is 5.32. The average molecular weight is 376 g/mol. The van der Waals surface area contributed by atoms with Crippen molar-refractivity contribution in [3.8, 4) is 28.6 Å². The van der Waals surface area contributed by atoms with E-state index in [4.69, 9.17) is 15.2 Å². The maximum atomic E-state index is 8.97. The Bertz CT molecular complexity index is 1130. The fraction of sp³-hybridized carbons (Fsp3) is 0.0800. The van der Waals surface area contributed by atoms with Crippen molar-refractivity contribution in [2.45, 2.75) is 6.54 Å². The molecule has 3 aromatic carbocycles. The van der Waals surface area contributed by atoms with Gasteiger partial charge in [-0.15, -0.1) is 0 Å². The molecule has 29 heavy (non-hydrogen) atoms. The molecule has 4 rings (SSSR count). The monoisotopic (exact) mass is 376 g/mol. The van der Waals surface area contributed by atoms with E-state index in [2.05, 4.69) is 35.2 Å². The van der Waals surface area contributed by atoms with Crippen molar-refractivity contribution in [1.29, 1.82) is 5.26 Å². The molecule has 1 aromatic heterocycles. The Morgan fingerprint density at radius 2 is 1.38 bits per heavy atom. The van der Waals surface area contributed by atoms with Crippen LogP contribution < -0.4 is 4.90 Å². The van der Waals surface area contributed by atoms with Gasteiger partial charge in [0, 0.05) is 24.7 Å². The summed E-state index contributed by atoms with van der Waals surface area (Å²) >= 11 is 0. The Morgan fingerprint density at radius 1 is 0.793 bits per heavy atom. The number of anilines is 1. The molecule has 4 aromatic rings. The summed E-state index contributed by atoms with van der Waals surface area (Å²) in [6.07, 6.45) is 1.82. The summed E-state index contributed by atoms with van der Waals surface area (Å²) in [4.78, 5) is 11.8. The van der Waals surface area contributed by atoms with Crippen LogP contribution in [0.4, 0.5) is 5.82 Å². The minimum absolute atomic E-state index is 0.662. The number of hydrogen-bond donors (Lipinski definition) is 0. The largest absolute Gasteiger partial charge is 0.354 e. The molecule has 1 heterocycles. The van der Waals surface area contributed by atoms with Crippen LogP contribution in [0.1, 0.15) is 11.1 Å². The highest BCUT2D eigenvalue weighted by molar-refractivity contribution is 5.78. The predicted molar refractivity (Wildman–Crippen MR) is 116 cm³/mol. The number of nitrogens with zero attached hydrogens (tertiary/aromatic N) is 4. The van der Waals surface area contributed by atoms with Crippen molar-refractivity contribution >= 4 is 5.82 Å². The SMILES string of the molecule is CN(Cc1ccc(C#N)cc1)c1cnc(-c2ccccc2)c(-c2ccccc2)n1. The van der Waals surface area contributed by atoms with Crippen LogP contribution in [-0.2, 0) is 6.54 Å². The zero-order valence-corrected chi connectivity index (χ0v) is 16.2. The lowest BCUT2D eigenvalue weighted by Crippen LogP contribution is -2.18. The van der Waals surface area contributed by atoms with E-state index in [0.717, 1.165) is 33.9 Å². The third-order valence-corrected chi connectivity index (χ3v) is 4.75. The first kappa shape index (κ1) is 18.4. The molecule has 4 heteroatoms. The van der Waals surface area contributed by atoms with Crippen LogP contribution in [0.3, 0.4) is 0 Å². The Balaban J connectivity index is 1.70. The van der Waals surface area contributed by atoms with Crippen molar-refractivity contribution < 1.29 is 0 Å². The molecule has 0 bridgehead atoms. The summed E-state index contributed by atoms with van der Waals surface area (Å²) < 4.78 is 0. The van der Waals surface area contributed by atoms with E-state index >= 15 is 0 Å². The molecule has 0 aliphatic heterocycles. The van der Waals surface area contributed by atoms with Crippen LogP contribution in [0.5, 0.6) is 0 Å². The van der Waals surface area contributed by atoms with E-state index < -0.39 is 0 Å². The first-order chi connectivity index (χ1) is 14.2. The van der Waals surface area contributed by atoms with Crippen LogP contribution in [-0.4, -0.2) is 17.0 Å². The van der Waals surface area contributed by atoms with Crippen molar-refractivity contribution in [3.63, 3.8) is 0 Å². The van der Waals surface area contributed by atoms with Crippen molar-refractivity contribution in [2.24, 2.45) is 0 Å². The third kappa shape index (κ3) is 4.15. The molecule has 0 saturated carbocycles. The van der Waals surface area contributed by atoms with Crippen LogP contribution in [0.2, 0.25) is 0 Å². The minimum atomic E-state index is 0.662. The first-order valence-electron chi connectivity index (χ1n) is 9.42. The van der Waals surface area contributed by atoms with Gasteiger partial charge in [0.1, 0.15) is 5.82 Å². The zero-order chi connectivity index (χ0) is 20.1. The van der Waals surface area contributed by atoms with Crippen molar-refractivity contribution in [2.75, 3.05) is 11.9 Å². The van der Waals surface area contributed by atoms with Gasteiger partial charge in [-0.05, 0) is 17.7 Å². The van der Waals surface area contributed by atoms with E-state index in [9.17, 15) is 0 Å². The summed E-state index contributed by atoms with van der Waals surface area (Å²) in [6.45, 7) is 0.680. The summed E-state index contributed by atoms with van der Waals surface area (Å²) in [5, 5.41) is 8.97. The highest BCUT2D eigenvalue weighted by Crippen LogP contribution is 2.30. The molecule has 4 nitrogen and oxygen atoms in total. The zero-order valence-electron chi connectivity index (χ0n) is 16.2. The maximum Gasteiger partial charge on any atom is 0.147 e. The average Bonchev–Trinajstić information content (AvgIpc) is 2.80. The number of hydrogen-bond acceptors (Lipinski definition) is 4. The molecule has 0 aliphatic rings. The van der Waals surface area contributed by atoms with Crippen LogP contribution in [0.15, 0.2) is 91.1 Å². The fourth-order valence-electron chi connectivity index (χ4n) is 3.21. The highest BCUT2D eigenvalue weighted by Gasteiger charge is 2.14. The van der Waals surface area contributed by atoms with Crippen LogP contribution in [0, 0.1) is 11.3 Å². The Hall–Kier alpha value is -3.97. The van der Waals surface area contributed by atoms with Gasteiger partial charge >= 0.3 is 0 Å². The van der Waals surface area contributed by atoms with Gasteiger partial charge in [-0.25, -0.2) is 4.98 Å². The summed E-state index contributed by atoms with van der Waals surface area (Å²) in [6, 6.07) is 30.0. The van der Waals surface area contributed by atoms with Crippen LogP contribution >= 0.6 is 0 Å². The van der Waals surface area contributed by atoms with E-state index in [0.29, 0.717) is 12.1 Å². The molecule has 0 saturated heterocycles. The molecule has 0 radical (unpaired) electrons. The smallest absolute Gasteiger partial charge is 0.147 e. The lowest BCUT2D eigenvalue weighted by molar-refractivity contribution is 0.892. The second-order valence-electron chi connectivity index (χ2n) is 6.82. The molecule has 0 spiro atoms. The fourth-order valence-corrected chi connectivity index (χ4v) is 3.21. The van der Waals surface area contributed by atoms with E-state index in [1.165, 1.54) is 0 Å². The van der Waals surface area contributed by atoms with Crippen molar-refractivity contribution in [1.82, 2.24) is 9.97 Å². The van der Waals surface area contributed by atoms with Gasteiger partial charge in [0.2, 0.25) is 0 Å². The molecule has 0 fully saturated rings. The normalized spacial score (nSPS) is 10.3. The van der Waals surface area contributed by atoms with Gasteiger partial charge in [-0.1, -0.05) is 72.8 Å². The number of rotatable bonds is 5. The Morgan fingerprint density at radius 3 is 1.97 bits per heavy atom. The maximum absolute atomic E-state index is 8.97. The first-order valence-corrected chi connectivity index (χ1v) is 9.42. The van der Waals surface area contributed by atoms with Gasteiger partial charge in [-0.3, -0.25) is 4.98 Å². The number of benzene rings is 3. The molecule has 0 N–H and O–H groups in total. The van der Waals surface area contributed by atoms with Crippen LogP contribution in [0.25, 0.3) is 22.5 Å². The lowest BCUT2D eigenvalue weighted by Gasteiger charge is -2.20. The summed E-state index contributed by atoms with van der Waals surface area (Å²) in [5.74, 6) is 0.799. The molecule has 0 aliphatic carbocycles. The van der Waals surface area contributed by atoms with Gasteiger partial charge in [0.05, 0.1) is 29.2 Å². The Labute approximate surface area is 170 Å². The quantitative estimate of drug-likeness (QED) is 0.473. The third-order valence-electron chi connectivity index (χ3n) is 4.75. The molecule has 0 atom stereocenters. The summed E-state index contributed by atoms with van der Waals surface area (Å²) in [5.41, 5.74) is 5.58. The van der Waals surface area contributed by atoms with Gasteiger partial charge in [-0.2, -0.15) is 5.26 Å². The molecule has 140 valence electrons. The van der Waals surface area contributed by atoms with E-state index in [1.807, 2.05) is 73.9 Å².